The van der Waals surface area contributed by atoms with E-state index in [9.17, 15) is 4.79 Å². The van der Waals surface area contributed by atoms with Gasteiger partial charge in [-0.05, 0) is 12.1 Å². The lowest BCUT2D eigenvalue weighted by Gasteiger charge is -2.16. The number of methoxy groups -OCH3 is 1. The first-order valence-electron chi connectivity index (χ1n) is 5.14. The number of alkyl halides is 1. The van der Waals surface area contributed by atoms with Gasteiger partial charge in [-0.1, -0.05) is 25.1 Å². The highest BCUT2D eigenvalue weighted by molar-refractivity contribution is 6.32. The quantitative estimate of drug-likeness (QED) is 0.805. The molecule has 0 bridgehead atoms. The molecule has 0 aliphatic rings. The molecule has 0 heterocycles. The maximum absolute atomic E-state index is 11.7. The lowest BCUT2D eigenvalue weighted by Crippen LogP contribution is -2.30. The van der Waals surface area contributed by atoms with Crippen LogP contribution in [0.3, 0.4) is 0 Å². The minimum atomic E-state index is -0.583. The Hall–Kier alpha value is -1.06. The molecule has 1 rings (SSSR count). The standard InChI is InChI=1S/C12H16ClNO2/c1-9(8-16-2)11(13)12(15)14-10-6-4-3-5-7-10/h3-7,9,11H,8H2,1-2H3,(H,14,15). The van der Waals surface area contributed by atoms with Gasteiger partial charge in [-0.15, -0.1) is 11.6 Å². The molecular formula is C12H16ClNO2. The molecule has 2 unspecified atom stereocenters. The van der Waals surface area contributed by atoms with Crippen molar-refractivity contribution in [1.29, 1.82) is 0 Å². The molecular weight excluding hydrogens is 226 g/mol. The lowest BCUT2D eigenvalue weighted by molar-refractivity contribution is -0.117. The minimum Gasteiger partial charge on any atom is -0.384 e. The van der Waals surface area contributed by atoms with Crippen LogP contribution in [0.5, 0.6) is 0 Å². The molecule has 0 spiro atoms. The number of ether oxygens (including phenoxy) is 1. The SMILES string of the molecule is COCC(C)C(Cl)C(=O)Nc1ccccc1. The maximum atomic E-state index is 11.7. The summed E-state index contributed by atoms with van der Waals surface area (Å²) in [5.74, 6) is -0.215. The van der Waals surface area contributed by atoms with Gasteiger partial charge in [-0.2, -0.15) is 0 Å². The average Bonchev–Trinajstić information content (AvgIpc) is 2.29. The van der Waals surface area contributed by atoms with Crippen molar-refractivity contribution in [2.45, 2.75) is 12.3 Å². The zero-order valence-corrected chi connectivity index (χ0v) is 10.2. The number of anilines is 1. The highest BCUT2D eigenvalue weighted by Crippen LogP contribution is 2.14. The monoisotopic (exact) mass is 241 g/mol. The smallest absolute Gasteiger partial charge is 0.242 e. The van der Waals surface area contributed by atoms with Gasteiger partial charge in [-0.25, -0.2) is 0 Å². The zero-order valence-electron chi connectivity index (χ0n) is 9.44. The first kappa shape index (κ1) is 13.0. The van der Waals surface area contributed by atoms with E-state index in [1.165, 1.54) is 0 Å². The Bertz CT molecular complexity index is 329. The molecule has 1 amide bonds. The molecule has 1 N–H and O–H groups in total. The molecule has 1 aromatic rings. The molecule has 0 aliphatic heterocycles. The number of rotatable bonds is 5. The number of carbonyl (C=O) groups is 1. The van der Waals surface area contributed by atoms with E-state index in [-0.39, 0.29) is 11.8 Å². The first-order valence-corrected chi connectivity index (χ1v) is 5.57. The van der Waals surface area contributed by atoms with Crippen molar-refractivity contribution in [3.63, 3.8) is 0 Å². The van der Waals surface area contributed by atoms with E-state index < -0.39 is 5.38 Å². The number of para-hydroxylation sites is 1. The van der Waals surface area contributed by atoms with Crippen LogP contribution in [0.2, 0.25) is 0 Å². The van der Waals surface area contributed by atoms with E-state index in [4.69, 9.17) is 16.3 Å². The number of hydrogen-bond acceptors (Lipinski definition) is 2. The third kappa shape index (κ3) is 3.83. The van der Waals surface area contributed by atoms with Crippen LogP contribution >= 0.6 is 11.6 Å². The van der Waals surface area contributed by atoms with Crippen molar-refractivity contribution in [1.82, 2.24) is 0 Å². The van der Waals surface area contributed by atoms with Crippen molar-refractivity contribution in [2.24, 2.45) is 5.92 Å². The summed E-state index contributed by atoms with van der Waals surface area (Å²) in [5, 5.41) is 2.17. The molecule has 3 nitrogen and oxygen atoms in total. The van der Waals surface area contributed by atoms with Gasteiger partial charge in [0.05, 0.1) is 6.61 Å². The number of nitrogens with one attached hydrogen (secondary N) is 1. The van der Waals surface area contributed by atoms with Crippen LogP contribution in [0.25, 0.3) is 0 Å². The Kier molecular flexibility index (Phi) is 5.29. The van der Waals surface area contributed by atoms with Crippen LogP contribution < -0.4 is 5.32 Å². The molecule has 0 saturated carbocycles. The summed E-state index contributed by atoms with van der Waals surface area (Å²) < 4.78 is 4.96. The fourth-order valence-electron chi connectivity index (χ4n) is 1.34. The van der Waals surface area contributed by atoms with Crippen LogP contribution in [-0.4, -0.2) is 25.0 Å². The number of halogens is 1. The number of amides is 1. The Morgan fingerprint density at radius 1 is 1.44 bits per heavy atom. The molecule has 16 heavy (non-hydrogen) atoms. The van der Waals surface area contributed by atoms with Crippen molar-refractivity contribution in [3.05, 3.63) is 30.3 Å². The van der Waals surface area contributed by atoms with Gasteiger partial charge >= 0.3 is 0 Å². The van der Waals surface area contributed by atoms with Crippen molar-refractivity contribution in [2.75, 3.05) is 19.0 Å². The molecule has 0 fully saturated rings. The highest BCUT2D eigenvalue weighted by Gasteiger charge is 2.22. The lowest BCUT2D eigenvalue weighted by atomic mass is 10.1. The molecule has 0 saturated heterocycles. The zero-order chi connectivity index (χ0) is 12.0. The largest absolute Gasteiger partial charge is 0.384 e. The van der Waals surface area contributed by atoms with Gasteiger partial charge in [0.1, 0.15) is 5.38 Å². The Morgan fingerprint density at radius 2 is 2.06 bits per heavy atom. The third-order valence-electron chi connectivity index (χ3n) is 2.22. The van der Waals surface area contributed by atoms with E-state index in [1.54, 1.807) is 7.11 Å². The number of hydrogen-bond donors (Lipinski definition) is 1. The first-order chi connectivity index (χ1) is 7.65. The molecule has 0 radical (unpaired) electrons. The van der Waals surface area contributed by atoms with Crippen molar-refractivity contribution in [3.8, 4) is 0 Å². The fraction of sp³-hybridized carbons (Fsp3) is 0.417. The molecule has 0 aliphatic carbocycles. The van der Waals surface area contributed by atoms with Gasteiger partial charge in [0, 0.05) is 18.7 Å². The Balaban J connectivity index is 2.52. The summed E-state index contributed by atoms with van der Waals surface area (Å²) in [5.41, 5.74) is 0.753. The minimum absolute atomic E-state index is 0.0182. The van der Waals surface area contributed by atoms with E-state index in [1.807, 2.05) is 37.3 Å². The maximum Gasteiger partial charge on any atom is 0.242 e. The normalized spacial score (nSPS) is 14.2. The van der Waals surface area contributed by atoms with E-state index in [2.05, 4.69) is 5.32 Å². The third-order valence-corrected chi connectivity index (χ3v) is 2.85. The predicted octanol–water partition coefficient (Wildman–Crippen LogP) is 2.52. The van der Waals surface area contributed by atoms with Crippen LogP contribution in [0.4, 0.5) is 5.69 Å². The Labute approximate surface area is 101 Å². The van der Waals surface area contributed by atoms with E-state index >= 15 is 0 Å². The van der Waals surface area contributed by atoms with E-state index in [0.29, 0.717) is 6.61 Å². The highest BCUT2D eigenvalue weighted by atomic mass is 35.5. The van der Waals surface area contributed by atoms with Crippen LogP contribution in [0.15, 0.2) is 30.3 Å². The second-order valence-electron chi connectivity index (χ2n) is 3.69. The second kappa shape index (κ2) is 6.51. The molecule has 88 valence electrons. The number of benzene rings is 1. The van der Waals surface area contributed by atoms with Crippen LogP contribution in [0, 0.1) is 5.92 Å². The summed E-state index contributed by atoms with van der Waals surface area (Å²) in [6.45, 7) is 2.35. The fourth-order valence-corrected chi connectivity index (χ4v) is 1.47. The molecule has 0 aromatic heterocycles. The average molecular weight is 242 g/mol. The van der Waals surface area contributed by atoms with Crippen LogP contribution in [-0.2, 0) is 9.53 Å². The topological polar surface area (TPSA) is 38.3 Å². The summed E-state index contributed by atoms with van der Waals surface area (Å²) in [6.07, 6.45) is 0. The van der Waals surface area contributed by atoms with Gasteiger partial charge in [0.15, 0.2) is 0 Å². The van der Waals surface area contributed by atoms with Gasteiger partial charge in [-0.3, -0.25) is 4.79 Å². The second-order valence-corrected chi connectivity index (χ2v) is 4.16. The van der Waals surface area contributed by atoms with Gasteiger partial charge < -0.3 is 10.1 Å². The summed E-state index contributed by atoms with van der Waals surface area (Å²) >= 11 is 6.02. The summed E-state index contributed by atoms with van der Waals surface area (Å²) in [4.78, 5) is 11.7. The summed E-state index contributed by atoms with van der Waals surface area (Å²) in [7, 11) is 1.59. The van der Waals surface area contributed by atoms with E-state index in [0.717, 1.165) is 5.69 Å². The molecule has 4 heteroatoms. The number of carbonyl (C=O) groups excluding carboxylic acids is 1. The summed E-state index contributed by atoms with van der Waals surface area (Å²) in [6, 6.07) is 9.25. The molecule has 2 atom stereocenters. The Morgan fingerprint density at radius 3 is 2.62 bits per heavy atom. The van der Waals surface area contributed by atoms with Crippen molar-refractivity contribution >= 4 is 23.2 Å². The van der Waals surface area contributed by atoms with Crippen molar-refractivity contribution < 1.29 is 9.53 Å². The van der Waals surface area contributed by atoms with Gasteiger partial charge in [0.2, 0.25) is 5.91 Å². The predicted molar refractivity (Wildman–Crippen MR) is 65.8 cm³/mol. The van der Waals surface area contributed by atoms with Crippen LogP contribution in [0.1, 0.15) is 6.92 Å². The molecule has 1 aromatic carbocycles. The van der Waals surface area contributed by atoms with Gasteiger partial charge in [0.25, 0.3) is 0 Å².